The highest BCUT2D eigenvalue weighted by molar-refractivity contribution is 5.89. The zero-order valence-electron chi connectivity index (χ0n) is 11.2. The Balaban J connectivity index is 2.30. The van der Waals surface area contributed by atoms with Crippen LogP contribution in [0.4, 0.5) is 0 Å². The van der Waals surface area contributed by atoms with Gasteiger partial charge in [-0.1, -0.05) is 0 Å². The van der Waals surface area contributed by atoms with Crippen LogP contribution in [0.5, 0.6) is 0 Å². The first-order valence-corrected chi connectivity index (χ1v) is 6.10. The molecule has 0 bridgehead atoms. The molecule has 0 radical (unpaired) electrons. The quantitative estimate of drug-likeness (QED) is 0.863. The van der Waals surface area contributed by atoms with E-state index in [1.165, 1.54) is 10.7 Å². The van der Waals surface area contributed by atoms with E-state index >= 15 is 0 Å². The molecule has 0 spiro atoms. The molecule has 0 amide bonds. The Morgan fingerprint density at radius 2 is 1.95 bits per heavy atom. The van der Waals surface area contributed by atoms with E-state index < -0.39 is 5.97 Å². The van der Waals surface area contributed by atoms with Gasteiger partial charge in [-0.2, -0.15) is 5.10 Å². The van der Waals surface area contributed by atoms with Crippen LogP contribution in [0.3, 0.4) is 0 Å². The summed E-state index contributed by atoms with van der Waals surface area (Å²) in [4.78, 5) is 22.4. The van der Waals surface area contributed by atoms with Crippen LogP contribution in [0.1, 0.15) is 33.5 Å². The number of carboxylic acids is 1. The number of hydrogen-bond donors (Lipinski definition) is 1. The van der Waals surface area contributed by atoms with Gasteiger partial charge in [-0.15, -0.1) is 0 Å². The number of ether oxygens (including phenoxy) is 1. The van der Waals surface area contributed by atoms with Gasteiger partial charge >= 0.3 is 11.9 Å². The first-order valence-electron chi connectivity index (χ1n) is 6.10. The molecule has 2 aromatic rings. The number of nitrogens with zero attached hydrogens (tertiary/aromatic N) is 2. The zero-order chi connectivity index (χ0) is 14.7. The Bertz CT molecular complexity index is 644. The molecule has 20 heavy (non-hydrogen) atoms. The predicted molar refractivity (Wildman–Crippen MR) is 71.2 cm³/mol. The Morgan fingerprint density at radius 1 is 1.30 bits per heavy atom. The summed E-state index contributed by atoms with van der Waals surface area (Å²) in [6.45, 7) is 3.83. The minimum Gasteiger partial charge on any atom is -0.476 e. The lowest BCUT2D eigenvalue weighted by Gasteiger charge is -2.05. The molecule has 1 N–H and O–H groups in total. The predicted octanol–water partition coefficient (Wildman–Crippen LogP) is 2.06. The highest BCUT2D eigenvalue weighted by Crippen LogP contribution is 2.14. The van der Waals surface area contributed by atoms with Crippen molar-refractivity contribution >= 4 is 11.9 Å². The summed E-state index contributed by atoms with van der Waals surface area (Å²) in [5.41, 5.74) is 1.81. The molecule has 0 aliphatic carbocycles. The van der Waals surface area contributed by atoms with E-state index in [4.69, 9.17) is 9.84 Å². The molecule has 0 aliphatic heterocycles. The van der Waals surface area contributed by atoms with Gasteiger partial charge in [0, 0.05) is 5.69 Å². The maximum atomic E-state index is 11.5. The van der Waals surface area contributed by atoms with E-state index in [-0.39, 0.29) is 11.7 Å². The number of esters is 1. The van der Waals surface area contributed by atoms with Crippen LogP contribution in [0.2, 0.25) is 0 Å². The average Bonchev–Trinajstić information content (AvgIpc) is 2.81. The Kier molecular flexibility index (Phi) is 3.84. The van der Waals surface area contributed by atoms with Crippen molar-refractivity contribution in [2.24, 2.45) is 0 Å². The normalized spacial score (nSPS) is 10.3. The molecule has 0 saturated carbocycles. The van der Waals surface area contributed by atoms with Gasteiger partial charge in [0.05, 0.1) is 17.9 Å². The van der Waals surface area contributed by atoms with Gasteiger partial charge in [0.2, 0.25) is 0 Å². The molecule has 0 fully saturated rings. The third-order valence-corrected chi connectivity index (χ3v) is 2.73. The van der Waals surface area contributed by atoms with Crippen LogP contribution in [-0.4, -0.2) is 33.4 Å². The summed E-state index contributed by atoms with van der Waals surface area (Å²) in [6, 6.07) is 8.11. The first kappa shape index (κ1) is 13.8. The SMILES string of the molecule is CCOC(=O)c1ccc(-n2nc(C(=O)O)cc2C)cc1. The van der Waals surface area contributed by atoms with E-state index in [0.717, 1.165) is 0 Å². The van der Waals surface area contributed by atoms with Crippen LogP contribution < -0.4 is 0 Å². The zero-order valence-corrected chi connectivity index (χ0v) is 11.2. The van der Waals surface area contributed by atoms with Crippen LogP contribution in [0.15, 0.2) is 30.3 Å². The Morgan fingerprint density at radius 3 is 2.45 bits per heavy atom. The molecule has 0 atom stereocenters. The Labute approximate surface area is 115 Å². The molecule has 6 nitrogen and oxygen atoms in total. The molecule has 0 unspecified atom stereocenters. The number of carbonyl (C=O) groups excluding carboxylic acids is 1. The standard InChI is InChI=1S/C14H14N2O4/c1-3-20-14(19)10-4-6-11(7-5-10)16-9(2)8-12(15-16)13(17)18/h4-8H,3H2,1-2H3,(H,17,18). The third kappa shape index (κ3) is 2.69. The molecule has 0 aliphatic rings. The van der Waals surface area contributed by atoms with Gasteiger partial charge in [0.1, 0.15) is 0 Å². The number of aryl methyl sites for hydroxylation is 1. The monoisotopic (exact) mass is 274 g/mol. The highest BCUT2D eigenvalue weighted by atomic mass is 16.5. The second kappa shape index (κ2) is 5.56. The van der Waals surface area contributed by atoms with Crippen LogP contribution in [0.25, 0.3) is 5.69 Å². The minimum absolute atomic E-state index is 0.0167. The van der Waals surface area contributed by atoms with Crippen molar-refractivity contribution in [1.82, 2.24) is 9.78 Å². The van der Waals surface area contributed by atoms with Crippen LogP contribution in [-0.2, 0) is 4.74 Å². The number of aromatic nitrogens is 2. The van der Waals surface area contributed by atoms with Crippen molar-refractivity contribution in [3.8, 4) is 5.69 Å². The first-order chi connectivity index (χ1) is 9.52. The van der Waals surface area contributed by atoms with E-state index in [2.05, 4.69) is 5.10 Å². The molecular formula is C14H14N2O4. The number of aromatic carboxylic acids is 1. The van der Waals surface area contributed by atoms with Gasteiger partial charge in [-0.3, -0.25) is 0 Å². The number of rotatable bonds is 4. The average molecular weight is 274 g/mol. The molecular weight excluding hydrogens is 260 g/mol. The summed E-state index contributed by atoms with van der Waals surface area (Å²) < 4.78 is 6.41. The minimum atomic E-state index is -1.07. The third-order valence-electron chi connectivity index (χ3n) is 2.73. The van der Waals surface area contributed by atoms with Crippen molar-refractivity contribution in [3.63, 3.8) is 0 Å². The molecule has 1 aromatic heterocycles. The maximum absolute atomic E-state index is 11.5. The van der Waals surface area contributed by atoms with E-state index in [1.54, 1.807) is 38.1 Å². The van der Waals surface area contributed by atoms with Crippen LogP contribution >= 0.6 is 0 Å². The smallest absolute Gasteiger partial charge is 0.356 e. The molecule has 0 saturated heterocycles. The van der Waals surface area contributed by atoms with E-state index in [9.17, 15) is 9.59 Å². The molecule has 1 heterocycles. The molecule has 6 heteroatoms. The van der Waals surface area contributed by atoms with Crippen LogP contribution in [0, 0.1) is 6.92 Å². The fraction of sp³-hybridized carbons (Fsp3) is 0.214. The topological polar surface area (TPSA) is 81.4 Å². The highest BCUT2D eigenvalue weighted by Gasteiger charge is 2.12. The van der Waals surface area contributed by atoms with Crippen molar-refractivity contribution < 1.29 is 19.4 Å². The van der Waals surface area contributed by atoms with Crippen molar-refractivity contribution in [3.05, 3.63) is 47.3 Å². The lowest BCUT2D eigenvalue weighted by molar-refractivity contribution is 0.0526. The number of hydrogen-bond acceptors (Lipinski definition) is 4. The molecule has 104 valence electrons. The van der Waals surface area contributed by atoms with Gasteiger partial charge < -0.3 is 9.84 Å². The summed E-state index contributed by atoms with van der Waals surface area (Å²) >= 11 is 0. The van der Waals surface area contributed by atoms with E-state index in [1.807, 2.05) is 0 Å². The summed E-state index contributed by atoms with van der Waals surface area (Å²) in [7, 11) is 0. The fourth-order valence-electron chi connectivity index (χ4n) is 1.79. The summed E-state index contributed by atoms with van der Waals surface area (Å²) in [5.74, 6) is -1.46. The molecule has 2 rings (SSSR count). The van der Waals surface area contributed by atoms with Gasteiger partial charge in [0.25, 0.3) is 0 Å². The lowest BCUT2D eigenvalue weighted by Crippen LogP contribution is -2.06. The second-order valence-corrected chi connectivity index (χ2v) is 4.16. The number of carboxylic acid groups (broad SMARTS) is 1. The summed E-state index contributed by atoms with van der Waals surface area (Å²) in [5, 5.41) is 12.9. The Hall–Kier alpha value is -2.63. The second-order valence-electron chi connectivity index (χ2n) is 4.16. The van der Waals surface area contributed by atoms with Gasteiger partial charge in [-0.05, 0) is 44.2 Å². The largest absolute Gasteiger partial charge is 0.476 e. The number of benzene rings is 1. The molecule has 1 aromatic carbocycles. The number of carbonyl (C=O) groups is 2. The maximum Gasteiger partial charge on any atom is 0.356 e. The van der Waals surface area contributed by atoms with Crippen molar-refractivity contribution in [2.75, 3.05) is 6.61 Å². The van der Waals surface area contributed by atoms with Crippen molar-refractivity contribution in [1.29, 1.82) is 0 Å². The van der Waals surface area contributed by atoms with Gasteiger partial charge in [0.15, 0.2) is 5.69 Å². The summed E-state index contributed by atoms with van der Waals surface area (Å²) in [6.07, 6.45) is 0. The van der Waals surface area contributed by atoms with Gasteiger partial charge in [-0.25, -0.2) is 14.3 Å². The van der Waals surface area contributed by atoms with Crippen molar-refractivity contribution in [2.45, 2.75) is 13.8 Å². The fourth-order valence-corrected chi connectivity index (χ4v) is 1.79. The van der Waals surface area contributed by atoms with E-state index in [0.29, 0.717) is 23.6 Å². The lowest BCUT2D eigenvalue weighted by atomic mass is 10.2.